The second-order valence-electron chi connectivity index (χ2n) is 6.56. The highest BCUT2D eigenvalue weighted by Gasteiger charge is 2.32. The van der Waals surface area contributed by atoms with Crippen LogP contribution in [-0.4, -0.2) is 26.2 Å². The average molecular weight is 383 g/mol. The molecule has 8 heteroatoms. The fourth-order valence-corrected chi connectivity index (χ4v) is 4.11. The Labute approximate surface area is 159 Å². The Morgan fingerprint density at radius 2 is 2.22 bits per heavy atom. The molecule has 1 aromatic carbocycles. The number of thioether (sulfide) groups is 1. The Hall–Kier alpha value is -2.87. The molecule has 3 heterocycles. The van der Waals surface area contributed by atoms with Crippen LogP contribution in [0.25, 0.3) is 5.65 Å². The van der Waals surface area contributed by atoms with E-state index in [9.17, 15) is 9.18 Å². The second-order valence-corrected chi connectivity index (χ2v) is 7.68. The zero-order valence-corrected chi connectivity index (χ0v) is 15.5. The minimum Gasteiger partial charge on any atom is -0.379 e. The van der Waals surface area contributed by atoms with E-state index in [-0.39, 0.29) is 17.4 Å². The number of benzene rings is 1. The third-order valence-corrected chi connectivity index (χ3v) is 5.39. The van der Waals surface area contributed by atoms with Gasteiger partial charge in [-0.1, -0.05) is 17.8 Å². The highest BCUT2D eigenvalue weighted by Crippen LogP contribution is 2.37. The maximum Gasteiger partial charge on any atom is 0.275 e. The van der Waals surface area contributed by atoms with Crippen LogP contribution in [0.5, 0.6) is 0 Å². The molecular formula is C19H18FN5OS. The lowest BCUT2D eigenvalue weighted by atomic mass is 9.89. The Morgan fingerprint density at radius 3 is 3.00 bits per heavy atom. The molecule has 0 spiro atoms. The number of nitrogens with zero attached hydrogens (tertiary/aromatic N) is 3. The van der Waals surface area contributed by atoms with Gasteiger partial charge in [-0.2, -0.15) is 0 Å². The van der Waals surface area contributed by atoms with Crippen LogP contribution in [-0.2, 0) is 5.54 Å². The van der Waals surface area contributed by atoms with Crippen molar-refractivity contribution in [2.24, 2.45) is 10.7 Å². The molecule has 0 saturated carbocycles. The number of nitrogens with two attached hydrogens (primary N) is 1. The molecule has 3 N–H and O–H groups in total. The van der Waals surface area contributed by atoms with Crippen molar-refractivity contribution in [2.75, 3.05) is 11.1 Å². The molecule has 3 aromatic rings. The third kappa shape index (κ3) is 3.40. The maximum absolute atomic E-state index is 14.5. The van der Waals surface area contributed by atoms with E-state index in [4.69, 9.17) is 5.73 Å². The molecule has 1 aliphatic heterocycles. The summed E-state index contributed by atoms with van der Waals surface area (Å²) in [5.74, 6) is 0.0404. The predicted octanol–water partition coefficient (Wildman–Crippen LogP) is 3.39. The van der Waals surface area contributed by atoms with Crippen LogP contribution >= 0.6 is 11.8 Å². The Kier molecular flexibility index (Phi) is 4.35. The molecular weight excluding hydrogens is 365 g/mol. The van der Waals surface area contributed by atoms with Crippen molar-refractivity contribution >= 4 is 34.2 Å². The highest BCUT2D eigenvalue weighted by molar-refractivity contribution is 8.13. The molecule has 0 unspecified atom stereocenters. The number of halogens is 1. The van der Waals surface area contributed by atoms with E-state index in [0.717, 1.165) is 5.75 Å². The molecule has 4 rings (SSSR count). The minimum atomic E-state index is -0.747. The lowest BCUT2D eigenvalue weighted by molar-refractivity contribution is 0.102. The largest absolute Gasteiger partial charge is 0.379 e. The average Bonchev–Trinajstić information content (AvgIpc) is 3.07. The summed E-state index contributed by atoms with van der Waals surface area (Å²) in [6.45, 7) is 1.85. The van der Waals surface area contributed by atoms with Gasteiger partial charge in [0.1, 0.15) is 17.2 Å². The van der Waals surface area contributed by atoms with Crippen LogP contribution in [0.1, 0.15) is 29.4 Å². The van der Waals surface area contributed by atoms with Gasteiger partial charge in [0.2, 0.25) is 0 Å². The van der Waals surface area contributed by atoms with Gasteiger partial charge in [-0.25, -0.2) is 9.37 Å². The van der Waals surface area contributed by atoms with Gasteiger partial charge in [0.05, 0.1) is 5.54 Å². The van der Waals surface area contributed by atoms with Crippen molar-refractivity contribution in [3.63, 3.8) is 0 Å². The number of nitrogens with one attached hydrogen (secondary N) is 1. The number of anilines is 1. The summed E-state index contributed by atoms with van der Waals surface area (Å²) in [6, 6.07) is 10.0. The molecule has 0 fully saturated rings. The zero-order chi connectivity index (χ0) is 19.0. The standard InChI is InChI=1S/C19H18FN5OS/c1-19(7-9-27-18(21)24-19)13-10-12(5-6-14(13)20)22-17(26)15-11-25-8-3-2-4-16(25)23-15/h2-6,8,10-11H,7,9H2,1H3,(H2,21,24)(H,22,26)/t19-/m0/s1. The van der Waals surface area contributed by atoms with Crippen LogP contribution in [0.3, 0.4) is 0 Å². The van der Waals surface area contributed by atoms with Gasteiger partial charge in [0.15, 0.2) is 5.17 Å². The lowest BCUT2D eigenvalue weighted by Gasteiger charge is -2.30. The summed E-state index contributed by atoms with van der Waals surface area (Å²) in [7, 11) is 0. The van der Waals surface area contributed by atoms with Crippen molar-refractivity contribution < 1.29 is 9.18 Å². The van der Waals surface area contributed by atoms with Crippen molar-refractivity contribution in [3.05, 3.63) is 65.9 Å². The van der Waals surface area contributed by atoms with Gasteiger partial charge in [-0.15, -0.1) is 0 Å². The summed E-state index contributed by atoms with van der Waals surface area (Å²) in [5, 5.41) is 3.23. The zero-order valence-electron chi connectivity index (χ0n) is 14.6. The van der Waals surface area contributed by atoms with E-state index < -0.39 is 5.54 Å². The molecule has 138 valence electrons. The van der Waals surface area contributed by atoms with Gasteiger partial charge >= 0.3 is 0 Å². The third-order valence-electron chi connectivity index (χ3n) is 4.60. The number of aromatic nitrogens is 2. The number of fused-ring (bicyclic) bond motifs is 1. The maximum atomic E-state index is 14.5. The number of aliphatic imine (C=N–C) groups is 1. The van der Waals surface area contributed by atoms with Gasteiger partial charge in [-0.3, -0.25) is 9.79 Å². The molecule has 27 heavy (non-hydrogen) atoms. The molecule has 2 aromatic heterocycles. The fraction of sp³-hybridized carbons (Fsp3) is 0.211. The van der Waals surface area contributed by atoms with Crippen LogP contribution in [0, 0.1) is 5.82 Å². The topological polar surface area (TPSA) is 84.8 Å². The van der Waals surface area contributed by atoms with E-state index in [1.165, 1.54) is 23.9 Å². The second kappa shape index (κ2) is 6.70. The Balaban J connectivity index is 1.63. The number of imidazole rings is 1. The number of amidine groups is 1. The summed E-state index contributed by atoms with van der Waals surface area (Å²) in [4.78, 5) is 21.3. The van der Waals surface area contributed by atoms with E-state index in [2.05, 4.69) is 15.3 Å². The fourth-order valence-electron chi connectivity index (χ4n) is 3.14. The van der Waals surface area contributed by atoms with E-state index in [1.54, 1.807) is 16.7 Å². The lowest BCUT2D eigenvalue weighted by Crippen LogP contribution is -2.29. The first-order valence-corrected chi connectivity index (χ1v) is 9.46. The number of carbonyl (C=O) groups excluding carboxylic acids is 1. The highest BCUT2D eigenvalue weighted by atomic mass is 32.2. The van der Waals surface area contributed by atoms with Crippen molar-refractivity contribution in [3.8, 4) is 0 Å². The molecule has 6 nitrogen and oxygen atoms in total. The first kappa shape index (κ1) is 17.5. The molecule has 0 radical (unpaired) electrons. The summed E-state index contributed by atoms with van der Waals surface area (Å²) < 4.78 is 16.2. The van der Waals surface area contributed by atoms with Crippen LogP contribution in [0.2, 0.25) is 0 Å². The van der Waals surface area contributed by atoms with E-state index >= 15 is 0 Å². The quantitative estimate of drug-likeness (QED) is 0.726. The monoisotopic (exact) mass is 383 g/mol. The normalized spacial score (nSPS) is 19.7. The molecule has 0 aliphatic carbocycles. The van der Waals surface area contributed by atoms with Gasteiger partial charge in [0.25, 0.3) is 5.91 Å². The molecule has 1 amide bonds. The predicted molar refractivity (Wildman–Crippen MR) is 106 cm³/mol. The van der Waals surface area contributed by atoms with Crippen molar-refractivity contribution in [1.82, 2.24) is 9.38 Å². The smallest absolute Gasteiger partial charge is 0.275 e. The molecule has 1 atom stereocenters. The van der Waals surface area contributed by atoms with Gasteiger partial charge < -0.3 is 15.5 Å². The Bertz CT molecular complexity index is 1030. The summed E-state index contributed by atoms with van der Waals surface area (Å²) in [6.07, 6.45) is 4.14. The molecule has 1 aliphatic rings. The minimum absolute atomic E-state index is 0.287. The summed E-state index contributed by atoms with van der Waals surface area (Å²) >= 11 is 1.46. The van der Waals surface area contributed by atoms with Crippen LogP contribution < -0.4 is 11.1 Å². The number of rotatable bonds is 3. The molecule has 0 saturated heterocycles. The van der Waals surface area contributed by atoms with Crippen LogP contribution in [0.15, 0.2) is 53.8 Å². The van der Waals surface area contributed by atoms with Gasteiger partial charge in [-0.05, 0) is 43.7 Å². The number of hydrogen-bond donors (Lipinski definition) is 2. The van der Waals surface area contributed by atoms with Crippen molar-refractivity contribution in [2.45, 2.75) is 18.9 Å². The van der Waals surface area contributed by atoms with E-state index in [1.807, 2.05) is 31.3 Å². The van der Waals surface area contributed by atoms with E-state index in [0.29, 0.717) is 28.5 Å². The van der Waals surface area contributed by atoms with Gasteiger partial charge in [0, 0.05) is 29.4 Å². The van der Waals surface area contributed by atoms with Crippen molar-refractivity contribution in [1.29, 1.82) is 0 Å². The number of carbonyl (C=O) groups is 1. The first-order chi connectivity index (χ1) is 12.9. The summed E-state index contributed by atoms with van der Waals surface area (Å²) in [5.41, 5.74) is 6.96. The van der Waals surface area contributed by atoms with Crippen LogP contribution in [0.4, 0.5) is 10.1 Å². The number of amides is 1. The number of pyridine rings is 1. The Morgan fingerprint density at radius 1 is 1.37 bits per heavy atom. The SMILES string of the molecule is C[C@@]1(c2cc(NC(=O)c3cn4ccccc4n3)ccc2F)CCSC(N)=N1. The first-order valence-electron chi connectivity index (χ1n) is 8.48. The molecule has 0 bridgehead atoms. The number of hydrogen-bond acceptors (Lipinski definition) is 5.